The van der Waals surface area contributed by atoms with Crippen molar-refractivity contribution in [3.63, 3.8) is 0 Å². The van der Waals surface area contributed by atoms with E-state index in [9.17, 15) is 4.79 Å². The van der Waals surface area contributed by atoms with E-state index in [0.29, 0.717) is 12.1 Å². The minimum Gasteiger partial charge on any atom is -0.461 e. The summed E-state index contributed by atoms with van der Waals surface area (Å²) < 4.78 is 4.78. The summed E-state index contributed by atoms with van der Waals surface area (Å²) in [7, 11) is 0. The third kappa shape index (κ3) is 2.32. The van der Waals surface area contributed by atoms with E-state index in [0.717, 1.165) is 0 Å². The molecule has 0 unspecified atom stereocenters. The first kappa shape index (κ1) is 8.23. The topological polar surface area (TPSA) is 52.3 Å². The Hall–Kier alpha value is -0.870. The van der Waals surface area contributed by atoms with Crippen LogP contribution in [0, 0.1) is 0 Å². The van der Waals surface area contributed by atoms with E-state index in [2.05, 4.69) is 0 Å². The van der Waals surface area contributed by atoms with E-state index < -0.39 is 0 Å². The highest BCUT2D eigenvalue weighted by molar-refractivity contribution is 7.08. The molecule has 3 nitrogen and oxygen atoms in total. The van der Waals surface area contributed by atoms with Crippen LogP contribution in [-0.2, 0) is 4.74 Å². The van der Waals surface area contributed by atoms with Crippen molar-refractivity contribution in [1.82, 2.24) is 0 Å². The Bertz CT molecular complexity index is 220. The maximum absolute atomic E-state index is 11.0. The number of nitrogens with two attached hydrogens (primary N) is 1. The van der Waals surface area contributed by atoms with Gasteiger partial charge in [0.25, 0.3) is 0 Å². The molecule has 0 atom stereocenters. The van der Waals surface area contributed by atoms with E-state index in [1.54, 1.807) is 11.4 Å². The number of rotatable bonds is 3. The molecule has 1 aromatic heterocycles. The fourth-order valence-electron chi connectivity index (χ4n) is 0.616. The van der Waals surface area contributed by atoms with Gasteiger partial charge in [-0.15, -0.1) is 0 Å². The molecule has 0 radical (unpaired) electrons. The third-order valence-corrected chi connectivity index (χ3v) is 1.79. The molecule has 11 heavy (non-hydrogen) atoms. The van der Waals surface area contributed by atoms with Crippen LogP contribution < -0.4 is 5.73 Å². The van der Waals surface area contributed by atoms with Gasteiger partial charge in [0.1, 0.15) is 6.61 Å². The van der Waals surface area contributed by atoms with Gasteiger partial charge in [-0.2, -0.15) is 11.3 Å². The Morgan fingerprint density at radius 1 is 1.73 bits per heavy atom. The summed E-state index contributed by atoms with van der Waals surface area (Å²) in [5, 5.41) is 3.58. The average molecular weight is 171 g/mol. The number of hydrogen-bond donors (Lipinski definition) is 1. The maximum Gasteiger partial charge on any atom is 0.339 e. The van der Waals surface area contributed by atoms with Crippen molar-refractivity contribution in [3.8, 4) is 0 Å². The SMILES string of the molecule is NCCOC(=O)c1ccsc1. The normalized spacial score (nSPS) is 9.55. The Kier molecular flexibility index (Phi) is 3.07. The fraction of sp³-hybridized carbons (Fsp3) is 0.286. The first-order valence-corrected chi connectivity index (χ1v) is 4.18. The van der Waals surface area contributed by atoms with Gasteiger partial charge in [-0.1, -0.05) is 0 Å². The first-order valence-electron chi connectivity index (χ1n) is 3.24. The summed E-state index contributed by atoms with van der Waals surface area (Å²) in [4.78, 5) is 11.0. The predicted molar refractivity (Wildman–Crippen MR) is 43.7 cm³/mol. The van der Waals surface area contributed by atoms with E-state index >= 15 is 0 Å². The second-order valence-electron chi connectivity index (χ2n) is 1.94. The zero-order chi connectivity index (χ0) is 8.10. The van der Waals surface area contributed by atoms with Crippen molar-refractivity contribution in [2.75, 3.05) is 13.2 Å². The molecule has 0 saturated carbocycles. The molecule has 0 saturated heterocycles. The van der Waals surface area contributed by atoms with Gasteiger partial charge in [0.15, 0.2) is 0 Å². The molecular formula is C7H9NO2S. The highest BCUT2D eigenvalue weighted by Crippen LogP contribution is 2.06. The monoisotopic (exact) mass is 171 g/mol. The molecule has 0 aliphatic carbocycles. The van der Waals surface area contributed by atoms with Crippen LogP contribution in [0.25, 0.3) is 0 Å². The molecule has 0 amide bonds. The quantitative estimate of drug-likeness (QED) is 0.686. The molecule has 0 aliphatic heterocycles. The second-order valence-corrected chi connectivity index (χ2v) is 2.72. The van der Waals surface area contributed by atoms with Crippen molar-refractivity contribution in [2.45, 2.75) is 0 Å². The summed E-state index contributed by atoms with van der Waals surface area (Å²) in [6.45, 7) is 0.657. The summed E-state index contributed by atoms with van der Waals surface area (Å²) in [6.07, 6.45) is 0. The van der Waals surface area contributed by atoms with Gasteiger partial charge in [0.05, 0.1) is 5.56 Å². The number of esters is 1. The summed E-state index contributed by atoms with van der Waals surface area (Å²) in [5.74, 6) is -0.295. The number of carbonyl (C=O) groups excluding carboxylic acids is 1. The second kappa shape index (κ2) is 4.10. The first-order chi connectivity index (χ1) is 5.34. The van der Waals surface area contributed by atoms with Gasteiger partial charge in [0, 0.05) is 11.9 Å². The minimum absolute atomic E-state index is 0.286. The van der Waals surface area contributed by atoms with Gasteiger partial charge in [-0.3, -0.25) is 0 Å². The van der Waals surface area contributed by atoms with Crippen molar-refractivity contribution in [3.05, 3.63) is 22.4 Å². The van der Waals surface area contributed by atoms with Gasteiger partial charge in [-0.25, -0.2) is 4.79 Å². The van der Waals surface area contributed by atoms with Gasteiger partial charge >= 0.3 is 5.97 Å². The maximum atomic E-state index is 11.0. The van der Waals surface area contributed by atoms with Crippen molar-refractivity contribution in [2.24, 2.45) is 5.73 Å². The number of ether oxygens (including phenoxy) is 1. The van der Waals surface area contributed by atoms with E-state index in [4.69, 9.17) is 10.5 Å². The molecule has 1 rings (SSSR count). The van der Waals surface area contributed by atoms with Crippen LogP contribution >= 0.6 is 11.3 Å². The molecule has 4 heteroatoms. The van der Waals surface area contributed by atoms with Crippen molar-refractivity contribution < 1.29 is 9.53 Å². The molecule has 0 aliphatic rings. The summed E-state index contributed by atoms with van der Waals surface area (Å²) in [5.41, 5.74) is 5.76. The molecule has 60 valence electrons. The molecule has 1 heterocycles. The highest BCUT2D eigenvalue weighted by Gasteiger charge is 2.04. The van der Waals surface area contributed by atoms with Crippen molar-refractivity contribution in [1.29, 1.82) is 0 Å². The van der Waals surface area contributed by atoms with E-state index in [-0.39, 0.29) is 12.6 Å². The smallest absolute Gasteiger partial charge is 0.339 e. The Labute approximate surface area is 68.8 Å². The van der Waals surface area contributed by atoms with Crippen LogP contribution in [0.5, 0.6) is 0 Å². The Balaban J connectivity index is 2.43. The molecule has 0 fully saturated rings. The fourth-order valence-corrected chi connectivity index (χ4v) is 1.24. The zero-order valence-corrected chi connectivity index (χ0v) is 6.76. The predicted octanol–water partition coefficient (Wildman–Crippen LogP) is 0.864. The lowest BCUT2D eigenvalue weighted by Crippen LogP contribution is -2.12. The van der Waals surface area contributed by atoms with Gasteiger partial charge in [-0.05, 0) is 11.4 Å². The Morgan fingerprint density at radius 3 is 3.09 bits per heavy atom. The van der Waals surface area contributed by atoms with Crippen LogP contribution in [0.15, 0.2) is 16.8 Å². The molecule has 0 aromatic carbocycles. The Morgan fingerprint density at radius 2 is 2.55 bits per heavy atom. The van der Waals surface area contributed by atoms with Crippen LogP contribution in [0.3, 0.4) is 0 Å². The van der Waals surface area contributed by atoms with Crippen LogP contribution in [-0.4, -0.2) is 19.1 Å². The van der Waals surface area contributed by atoms with E-state index in [1.165, 1.54) is 11.3 Å². The lowest BCUT2D eigenvalue weighted by molar-refractivity contribution is 0.0517. The molecule has 1 aromatic rings. The molecule has 0 bridgehead atoms. The minimum atomic E-state index is -0.295. The standard InChI is InChI=1S/C7H9NO2S/c8-2-3-10-7(9)6-1-4-11-5-6/h1,4-5H,2-3,8H2. The van der Waals surface area contributed by atoms with Gasteiger partial charge < -0.3 is 10.5 Å². The number of carbonyl (C=O) groups is 1. The molecule has 0 spiro atoms. The largest absolute Gasteiger partial charge is 0.461 e. The van der Waals surface area contributed by atoms with Crippen LogP contribution in [0.1, 0.15) is 10.4 Å². The number of thiophene rings is 1. The van der Waals surface area contributed by atoms with Gasteiger partial charge in [0.2, 0.25) is 0 Å². The summed E-state index contributed by atoms with van der Waals surface area (Å²) >= 11 is 1.47. The lowest BCUT2D eigenvalue weighted by atomic mass is 10.3. The third-order valence-electron chi connectivity index (χ3n) is 1.11. The summed E-state index contributed by atoms with van der Waals surface area (Å²) in [6, 6.07) is 1.73. The molecular weight excluding hydrogens is 162 g/mol. The lowest BCUT2D eigenvalue weighted by Gasteiger charge is -1.98. The van der Waals surface area contributed by atoms with Crippen LogP contribution in [0.4, 0.5) is 0 Å². The van der Waals surface area contributed by atoms with Crippen LogP contribution in [0.2, 0.25) is 0 Å². The zero-order valence-electron chi connectivity index (χ0n) is 5.95. The van der Waals surface area contributed by atoms with E-state index in [1.807, 2.05) is 5.38 Å². The number of hydrogen-bond acceptors (Lipinski definition) is 4. The van der Waals surface area contributed by atoms with Crippen molar-refractivity contribution >= 4 is 17.3 Å². The molecule has 2 N–H and O–H groups in total. The highest BCUT2D eigenvalue weighted by atomic mass is 32.1. The average Bonchev–Trinajstić information content (AvgIpc) is 2.52.